The molecule has 0 amide bonds. The molecular weight excluding hydrogens is 761 g/mol. The molecule has 4 aromatic heterocycles. The smallest absolute Gasteiger partial charge is 0.145 e. The molecule has 4 heterocycles. The lowest BCUT2D eigenvalue weighted by molar-refractivity contribution is 0.665. The third-order valence-corrected chi connectivity index (χ3v) is 12.2. The number of aromatic nitrogens is 4. The summed E-state index contributed by atoms with van der Waals surface area (Å²) in [6.45, 7) is 0. The summed E-state index contributed by atoms with van der Waals surface area (Å²) in [6, 6.07) is 71.7. The number of imidazole rings is 2. The molecule has 62 heavy (non-hydrogen) atoms. The quantitative estimate of drug-likeness (QED) is 0.168. The van der Waals surface area contributed by atoms with Gasteiger partial charge in [0, 0.05) is 55.2 Å². The summed E-state index contributed by atoms with van der Waals surface area (Å²) in [6.07, 6.45) is 0. The summed E-state index contributed by atoms with van der Waals surface area (Å²) in [5.74, 6) is 1.83. The number of fused-ring (bicyclic) bond motifs is 8. The minimum absolute atomic E-state index is 0.827. The van der Waals surface area contributed by atoms with Gasteiger partial charge in [0.15, 0.2) is 0 Å². The molecule has 13 rings (SSSR count). The molecule has 0 N–H and O–H groups in total. The van der Waals surface area contributed by atoms with Crippen molar-refractivity contribution in [3.05, 3.63) is 206 Å². The lowest BCUT2D eigenvalue weighted by Gasteiger charge is -2.11. The second-order valence-corrected chi connectivity index (χ2v) is 15.8. The Labute approximate surface area is 355 Å². The van der Waals surface area contributed by atoms with Crippen molar-refractivity contribution in [1.29, 1.82) is 0 Å². The molecule has 0 aliphatic rings. The number of nitrogens with zero attached hydrogens (tertiary/aromatic N) is 4. The van der Waals surface area contributed by atoms with E-state index in [4.69, 9.17) is 18.8 Å². The summed E-state index contributed by atoms with van der Waals surface area (Å²) < 4.78 is 18.0. The lowest BCUT2D eigenvalue weighted by atomic mass is 10.0. The van der Waals surface area contributed by atoms with Gasteiger partial charge in [-0.05, 0) is 71.8 Å². The Morgan fingerprint density at radius 1 is 0.323 bits per heavy atom. The Hall–Kier alpha value is -8.48. The first-order valence-corrected chi connectivity index (χ1v) is 20.8. The van der Waals surface area contributed by atoms with E-state index < -0.39 is 0 Å². The maximum atomic E-state index is 6.77. The van der Waals surface area contributed by atoms with Gasteiger partial charge in [0.1, 0.15) is 34.0 Å². The summed E-state index contributed by atoms with van der Waals surface area (Å²) in [5.41, 5.74) is 15.9. The second kappa shape index (κ2) is 13.5. The molecule has 0 saturated carbocycles. The molecule has 0 aliphatic heterocycles. The third kappa shape index (κ3) is 5.30. The van der Waals surface area contributed by atoms with Gasteiger partial charge < -0.3 is 8.83 Å². The van der Waals surface area contributed by atoms with Gasteiger partial charge in [0.2, 0.25) is 0 Å². The highest BCUT2D eigenvalue weighted by Crippen LogP contribution is 2.42. The predicted octanol–water partition coefficient (Wildman–Crippen LogP) is 14.8. The van der Waals surface area contributed by atoms with Crippen molar-refractivity contribution in [2.75, 3.05) is 0 Å². The van der Waals surface area contributed by atoms with Crippen molar-refractivity contribution in [2.45, 2.75) is 0 Å². The number of benzene rings is 9. The van der Waals surface area contributed by atoms with E-state index in [1.165, 1.54) is 0 Å². The SMILES string of the molecule is c1ccc(-c2nc3ccccc3n2-c2ccc(-c3cccc4c3oc3cc5c(cc34)oc3c(-c4ccc(-n6c(-c7ccccc7)nc7ccccc76)cc4)cccc35)cc2)cc1. The highest BCUT2D eigenvalue weighted by Gasteiger charge is 2.20. The van der Waals surface area contributed by atoms with E-state index in [-0.39, 0.29) is 0 Å². The van der Waals surface area contributed by atoms with Crippen LogP contribution in [0.15, 0.2) is 215 Å². The Kier molecular flexibility index (Phi) is 7.50. The number of furan rings is 2. The largest absolute Gasteiger partial charge is 0.455 e. The van der Waals surface area contributed by atoms with E-state index in [9.17, 15) is 0 Å². The van der Waals surface area contributed by atoms with Crippen LogP contribution in [0.3, 0.4) is 0 Å². The van der Waals surface area contributed by atoms with Gasteiger partial charge in [-0.2, -0.15) is 0 Å². The predicted molar refractivity (Wildman–Crippen MR) is 252 cm³/mol. The molecule has 6 heteroatoms. The number of para-hydroxylation sites is 6. The van der Waals surface area contributed by atoms with Crippen LogP contribution in [0.2, 0.25) is 0 Å². The average Bonchev–Trinajstić information content (AvgIpc) is 4.12. The average molecular weight is 795 g/mol. The molecule has 0 saturated heterocycles. The minimum atomic E-state index is 0.827. The van der Waals surface area contributed by atoms with Crippen molar-refractivity contribution in [2.24, 2.45) is 0 Å². The van der Waals surface area contributed by atoms with Gasteiger partial charge >= 0.3 is 0 Å². The maximum absolute atomic E-state index is 6.77. The zero-order chi connectivity index (χ0) is 40.7. The van der Waals surface area contributed by atoms with Crippen LogP contribution in [0.4, 0.5) is 0 Å². The normalized spacial score (nSPS) is 11.9. The third-order valence-electron chi connectivity index (χ3n) is 12.2. The van der Waals surface area contributed by atoms with Crippen LogP contribution in [0.1, 0.15) is 0 Å². The summed E-state index contributed by atoms with van der Waals surface area (Å²) in [7, 11) is 0. The maximum Gasteiger partial charge on any atom is 0.145 e. The fourth-order valence-corrected chi connectivity index (χ4v) is 9.26. The second-order valence-electron chi connectivity index (χ2n) is 15.8. The standard InChI is InChI=1S/C56H34N4O2/c1-3-13-37(14-4-1)55-57-47-21-7-9-23-49(47)59(55)39-29-25-35(26-30-39)41-17-11-19-43-45-33-52-46(34-51(45)61-53(41)43)44-20-12-18-42(54(44)62-52)36-27-31-40(32-28-36)60-50-24-10-8-22-48(50)58-56(60)38-15-5-2-6-16-38/h1-34H. The molecule has 0 atom stereocenters. The van der Waals surface area contributed by atoms with Crippen LogP contribution in [-0.4, -0.2) is 19.1 Å². The molecule has 0 aliphatic carbocycles. The van der Waals surface area contributed by atoms with E-state index >= 15 is 0 Å². The van der Waals surface area contributed by atoms with E-state index in [1.54, 1.807) is 0 Å². The molecule has 0 fully saturated rings. The van der Waals surface area contributed by atoms with Gasteiger partial charge in [-0.25, -0.2) is 9.97 Å². The van der Waals surface area contributed by atoms with E-state index in [1.807, 2.05) is 24.3 Å². The lowest BCUT2D eigenvalue weighted by Crippen LogP contribution is -1.97. The van der Waals surface area contributed by atoms with E-state index in [0.717, 1.165) is 122 Å². The van der Waals surface area contributed by atoms with Crippen LogP contribution < -0.4 is 0 Å². The Morgan fingerprint density at radius 3 is 1.16 bits per heavy atom. The number of hydrogen-bond donors (Lipinski definition) is 0. The first-order valence-electron chi connectivity index (χ1n) is 20.8. The monoisotopic (exact) mass is 794 g/mol. The fraction of sp³-hybridized carbons (Fsp3) is 0. The van der Waals surface area contributed by atoms with Crippen molar-refractivity contribution in [1.82, 2.24) is 19.1 Å². The highest BCUT2D eigenvalue weighted by atomic mass is 16.3. The Bertz CT molecular complexity index is 3580. The molecule has 0 spiro atoms. The Morgan fingerprint density at radius 2 is 0.726 bits per heavy atom. The minimum Gasteiger partial charge on any atom is -0.455 e. The van der Waals surface area contributed by atoms with Gasteiger partial charge in [-0.3, -0.25) is 9.13 Å². The van der Waals surface area contributed by atoms with Crippen molar-refractivity contribution >= 4 is 65.9 Å². The molecular formula is C56H34N4O2. The first kappa shape index (κ1) is 34.4. The molecule has 0 bridgehead atoms. The van der Waals surface area contributed by atoms with E-state index in [0.29, 0.717) is 0 Å². The number of rotatable bonds is 6. The van der Waals surface area contributed by atoms with Gasteiger partial charge in [0.25, 0.3) is 0 Å². The molecule has 290 valence electrons. The molecule has 0 radical (unpaired) electrons. The van der Waals surface area contributed by atoms with Gasteiger partial charge in [-0.15, -0.1) is 0 Å². The molecule has 0 unspecified atom stereocenters. The van der Waals surface area contributed by atoms with Crippen LogP contribution in [0, 0.1) is 0 Å². The summed E-state index contributed by atoms with van der Waals surface area (Å²) >= 11 is 0. The first-order chi connectivity index (χ1) is 30.7. The molecule has 13 aromatic rings. The zero-order valence-electron chi connectivity index (χ0n) is 33.2. The van der Waals surface area contributed by atoms with Crippen LogP contribution >= 0.6 is 0 Å². The zero-order valence-corrected chi connectivity index (χ0v) is 33.2. The topological polar surface area (TPSA) is 61.9 Å². The van der Waals surface area contributed by atoms with Crippen LogP contribution in [0.5, 0.6) is 0 Å². The summed E-state index contributed by atoms with van der Waals surface area (Å²) in [4.78, 5) is 10.1. The highest BCUT2D eigenvalue weighted by molar-refractivity contribution is 6.18. The van der Waals surface area contributed by atoms with E-state index in [2.05, 4.69) is 191 Å². The van der Waals surface area contributed by atoms with Crippen LogP contribution in [0.25, 0.3) is 122 Å². The molecule has 6 nitrogen and oxygen atoms in total. The summed E-state index contributed by atoms with van der Waals surface area (Å²) in [5, 5.41) is 4.15. The van der Waals surface area contributed by atoms with Crippen molar-refractivity contribution in [3.63, 3.8) is 0 Å². The Balaban J connectivity index is 0.872. The number of hydrogen-bond acceptors (Lipinski definition) is 4. The fourth-order valence-electron chi connectivity index (χ4n) is 9.26. The van der Waals surface area contributed by atoms with Gasteiger partial charge in [0.05, 0.1) is 22.1 Å². The van der Waals surface area contributed by atoms with Crippen molar-refractivity contribution in [3.8, 4) is 56.4 Å². The van der Waals surface area contributed by atoms with Gasteiger partial charge in [-0.1, -0.05) is 146 Å². The van der Waals surface area contributed by atoms with Crippen LogP contribution in [-0.2, 0) is 0 Å². The van der Waals surface area contributed by atoms with Crippen molar-refractivity contribution < 1.29 is 8.83 Å². The molecule has 9 aromatic carbocycles.